The molecule has 0 bridgehead atoms. The normalized spacial score (nSPS) is 17.7. The summed E-state index contributed by atoms with van der Waals surface area (Å²) < 4.78 is 24.4. The number of benzene rings is 1. The number of rotatable bonds is 5. The second kappa shape index (κ2) is 7.56. The van der Waals surface area contributed by atoms with Crippen molar-refractivity contribution < 1.29 is 13.2 Å². The van der Waals surface area contributed by atoms with Crippen molar-refractivity contribution in [1.29, 1.82) is 0 Å². The highest BCUT2D eigenvalue weighted by atomic mass is 32.2. The minimum atomic E-state index is -3.09. The molecule has 1 fully saturated rings. The number of amides is 1. The van der Waals surface area contributed by atoms with Gasteiger partial charge in [0.15, 0.2) is 0 Å². The molecule has 1 heterocycles. The van der Waals surface area contributed by atoms with E-state index >= 15 is 0 Å². The molecule has 0 atom stereocenters. The Labute approximate surface area is 132 Å². The summed E-state index contributed by atoms with van der Waals surface area (Å²) in [6, 6.07) is 9.65. The highest BCUT2D eigenvalue weighted by Crippen LogP contribution is 2.18. The lowest BCUT2D eigenvalue weighted by Gasteiger charge is -2.30. The van der Waals surface area contributed by atoms with E-state index in [1.54, 1.807) is 6.08 Å². The molecule has 2 rings (SSSR count). The van der Waals surface area contributed by atoms with Crippen molar-refractivity contribution >= 4 is 22.0 Å². The first-order valence-corrected chi connectivity index (χ1v) is 9.26. The van der Waals surface area contributed by atoms with Gasteiger partial charge in [-0.2, -0.15) is 0 Å². The van der Waals surface area contributed by atoms with Gasteiger partial charge in [-0.1, -0.05) is 30.3 Å². The molecule has 1 aliphatic heterocycles. The summed E-state index contributed by atoms with van der Waals surface area (Å²) in [5, 5.41) is 2.88. The fourth-order valence-electron chi connectivity index (χ4n) is 2.48. The van der Waals surface area contributed by atoms with Crippen LogP contribution in [0.25, 0.3) is 6.08 Å². The lowest BCUT2D eigenvalue weighted by molar-refractivity contribution is -0.116. The van der Waals surface area contributed by atoms with Crippen LogP contribution in [0.1, 0.15) is 18.4 Å². The molecule has 0 radical (unpaired) electrons. The molecule has 1 N–H and O–H groups in total. The molecular weight excluding hydrogens is 300 g/mol. The second-order valence-corrected chi connectivity index (χ2v) is 7.58. The van der Waals surface area contributed by atoms with Crippen LogP contribution in [0, 0.1) is 5.92 Å². The lowest BCUT2D eigenvalue weighted by Crippen LogP contribution is -2.40. The van der Waals surface area contributed by atoms with E-state index in [0.717, 1.165) is 18.4 Å². The van der Waals surface area contributed by atoms with Gasteiger partial charge in [0.25, 0.3) is 0 Å². The molecule has 0 aromatic heterocycles. The Balaban J connectivity index is 1.73. The summed E-state index contributed by atoms with van der Waals surface area (Å²) in [5.41, 5.74) is 0.985. The first kappa shape index (κ1) is 16.7. The maximum atomic E-state index is 11.8. The molecule has 22 heavy (non-hydrogen) atoms. The summed E-state index contributed by atoms with van der Waals surface area (Å²) in [5.74, 6) is 0.224. The number of hydrogen-bond donors (Lipinski definition) is 1. The van der Waals surface area contributed by atoms with Crippen molar-refractivity contribution in [2.24, 2.45) is 5.92 Å². The molecule has 1 aromatic rings. The highest BCUT2D eigenvalue weighted by Gasteiger charge is 2.24. The van der Waals surface area contributed by atoms with Crippen LogP contribution in [0.2, 0.25) is 0 Å². The van der Waals surface area contributed by atoms with E-state index in [1.165, 1.54) is 16.6 Å². The van der Waals surface area contributed by atoms with Gasteiger partial charge in [-0.25, -0.2) is 12.7 Å². The Bertz CT molecular complexity index is 618. The van der Waals surface area contributed by atoms with Crippen LogP contribution in [0.5, 0.6) is 0 Å². The lowest BCUT2D eigenvalue weighted by atomic mass is 9.98. The molecule has 0 spiro atoms. The van der Waals surface area contributed by atoms with Crippen molar-refractivity contribution in [2.75, 3.05) is 25.9 Å². The van der Waals surface area contributed by atoms with Gasteiger partial charge in [0.05, 0.1) is 6.26 Å². The van der Waals surface area contributed by atoms with Crippen LogP contribution in [-0.2, 0) is 14.8 Å². The zero-order valence-corrected chi connectivity index (χ0v) is 13.6. The van der Waals surface area contributed by atoms with E-state index in [4.69, 9.17) is 0 Å². The summed E-state index contributed by atoms with van der Waals surface area (Å²) in [6.07, 6.45) is 6.12. The summed E-state index contributed by atoms with van der Waals surface area (Å²) >= 11 is 0. The average molecular weight is 322 g/mol. The minimum absolute atomic E-state index is 0.116. The van der Waals surface area contributed by atoms with E-state index in [1.807, 2.05) is 30.3 Å². The van der Waals surface area contributed by atoms with Crippen LogP contribution in [-0.4, -0.2) is 44.5 Å². The number of nitrogens with one attached hydrogen (secondary N) is 1. The van der Waals surface area contributed by atoms with E-state index in [9.17, 15) is 13.2 Å². The fraction of sp³-hybridized carbons (Fsp3) is 0.438. The number of nitrogens with zero attached hydrogens (tertiary/aromatic N) is 1. The second-order valence-electron chi connectivity index (χ2n) is 5.59. The van der Waals surface area contributed by atoms with Crippen molar-refractivity contribution in [3.05, 3.63) is 42.0 Å². The largest absolute Gasteiger partial charge is 0.352 e. The molecule has 0 unspecified atom stereocenters. The smallest absolute Gasteiger partial charge is 0.244 e. The molecule has 1 aliphatic rings. The zero-order chi connectivity index (χ0) is 16.0. The molecule has 6 heteroatoms. The van der Waals surface area contributed by atoms with Crippen molar-refractivity contribution in [1.82, 2.24) is 9.62 Å². The van der Waals surface area contributed by atoms with Gasteiger partial charge in [-0.05, 0) is 30.4 Å². The third-order valence-corrected chi connectivity index (χ3v) is 5.14. The van der Waals surface area contributed by atoms with E-state index < -0.39 is 10.0 Å². The van der Waals surface area contributed by atoms with Crippen LogP contribution >= 0.6 is 0 Å². The number of carbonyl (C=O) groups excluding carboxylic acids is 1. The molecule has 0 aliphatic carbocycles. The molecular formula is C16H22N2O3S. The quantitative estimate of drug-likeness (QED) is 0.835. The first-order chi connectivity index (χ1) is 10.4. The SMILES string of the molecule is CS(=O)(=O)N1CCC(CNC(=O)C=Cc2ccccc2)CC1. The molecule has 1 saturated heterocycles. The van der Waals surface area contributed by atoms with Gasteiger partial charge >= 0.3 is 0 Å². The molecule has 5 nitrogen and oxygen atoms in total. The maximum absolute atomic E-state index is 11.8. The third kappa shape index (κ3) is 5.27. The van der Waals surface area contributed by atoms with Gasteiger partial charge in [-0.3, -0.25) is 4.79 Å². The number of sulfonamides is 1. The predicted molar refractivity (Wildman–Crippen MR) is 87.6 cm³/mol. The van der Waals surface area contributed by atoms with Crippen molar-refractivity contribution in [3.63, 3.8) is 0 Å². The van der Waals surface area contributed by atoms with E-state index in [0.29, 0.717) is 25.6 Å². The Morgan fingerprint density at radius 1 is 1.27 bits per heavy atom. The standard InChI is InChI=1S/C16H22N2O3S/c1-22(20,21)18-11-9-15(10-12-18)13-17-16(19)8-7-14-5-3-2-4-6-14/h2-8,15H,9-13H2,1H3,(H,17,19). The van der Waals surface area contributed by atoms with E-state index in [2.05, 4.69) is 5.32 Å². The molecule has 0 saturated carbocycles. The predicted octanol–water partition coefficient (Wildman–Crippen LogP) is 1.49. The Hall–Kier alpha value is -1.66. The van der Waals surface area contributed by atoms with Gasteiger partial charge in [0, 0.05) is 25.7 Å². The topological polar surface area (TPSA) is 66.5 Å². The Morgan fingerprint density at radius 3 is 2.50 bits per heavy atom. The first-order valence-electron chi connectivity index (χ1n) is 7.41. The van der Waals surface area contributed by atoms with Crippen molar-refractivity contribution in [2.45, 2.75) is 12.8 Å². The number of piperidine rings is 1. The minimum Gasteiger partial charge on any atom is -0.352 e. The van der Waals surface area contributed by atoms with E-state index in [-0.39, 0.29) is 5.91 Å². The van der Waals surface area contributed by atoms with Gasteiger partial charge in [-0.15, -0.1) is 0 Å². The zero-order valence-electron chi connectivity index (χ0n) is 12.7. The van der Waals surface area contributed by atoms with Crippen LogP contribution < -0.4 is 5.32 Å². The van der Waals surface area contributed by atoms with Crippen molar-refractivity contribution in [3.8, 4) is 0 Å². The monoisotopic (exact) mass is 322 g/mol. The fourth-order valence-corrected chi connectivity index (χ4v) is 3.36. The van der Waals surface area contributed by atoms with Crippen LogP contribution in [0.15, 0.2) is 36.4 Å². The van der Waals surface area contributed by atoms with Crippen LogP contribution in [0.4, 0.5) is 0 Å². The van der Waals surface area contributed by atoms with Gasteiger partial charge in [0.1, 0.15) is 0 Å². The summed E-state index contributed by atoms with van der Waals surface area (Å²) in [7, 11) is -3.09. The Morgan fingerprint density at radius 2 is 1.91 bits per heavy atom. The molecule has 1 aromatic carbocycles. The maximum Gasteiger partial charge on any atom is 0.244 e. The summed E-state index contributed by atoms with van der Waals surface area (Å²) in [4.78, 5) is 11.8. The highest BCUT2D eigenvalue weighted by molar-refractivity contribution is 7.88. The summed E-state index contributed by atoms with van der Waals surface area (Å²) in [6.45, 7) is 1.67. The third-order valence-electron chi connectivity index (χ3n) is 3.83. The van der Waals surface area contributed by atoms with Gasteiger partial charge < -0.3 is 5.32 Å². The molecule has 120 valence electrons. The average Bonchev–Trinajstić information content (AvgIpc) is 2.51. The number of hydrogen-bond acceptors (Lipinski definition) is 3. The molecule has 1 amide bonds. The van der Waals surface area contributed by atoms with Gasteiger partial charge in [0.2, 0.25) is 15.9 Å². The Kier molecular flexibility index (Phi) is 5.74. The number of carbonyl (C=O) groups is 1. The van der Waals surface area contributed by atoms with Crippen LogP contribution in [0.3, 0.4) is 0 Å².